The van der Waals surface area contributed by atoms with Crippen LogP contribution in [0.2, 0.25) is 0 Å². The van der Waals surface area contributed by atoms with Crippen LogP contribution in [0, 0.1) is 22.5 Å². The molecule has 0 aliphatic carbocycles. The molecule has 1 rings (SSSR count). The van der Waals surface area contributed by atoms with Gasteiger partial charge in [0.05, 0.1) is 4.92 Å². The molecule has 2 N–H and O–H groups in total. The van der Waals surface area contributed by atoms with Crippen molar-refractivity contribution in [2.45, 2.75) is 40.2 Å². The van der Waals surface area contributed by atoms with Crippen molar-refractivity contribution in [1.29, 1.82) is 0 Å². The van der Waals surface area contributed by atoms with Crippen molar-refractivity contribution in [3.05, 3.63) is 27.9 Å². The van der Waals surface area contributed by atoms with Gasteiger partial charge in [-0.05, 0) is 24.8 Å². The van der Waals surface area contributed by atoms with Crippen molar-refractivity contribution in [3.8, 4) is 0 Å². The summed E-state index contributed by atoms with van der Waals surface area (Å²) in [7, 11) is 0. The number of anilines is 1. The van der Waals surface area contributed by atoms with Crippen molar-refractivity contribution in [2.24, 2.45) is 5.41 Å². The highest BCUT2D eigenvalue weighted by molar-refractivity contribution is 5.47. The van der Waals surface area contributed by atoms with E-state index in [2.05, 4.69) is 31.1 Å². The highest BCUT2D eigenvalue weighted by Gasteiger charge is 2.24. The van der Waals surface area contributed by atoms with Gasteiger partial charge in [0.2, 0.25) is 0 Å². The number of hydrogen-bond donors (Lipinski definition) is 2. The third kappa shape index (κ3) is 4.17. The molecule has 0 aliphatic heterocycles. The Kier molecular flexibility index (Phi) is 4.83. The zero-order valence-electron chi connectivity index (χ0n) is 11.8. The third-order valence-electron chi connectivity index (χ3n) is 3.07. The average Bonchev–Trinajstić information content (AvgIpc) is 2.26. The lowest BCUT2D eigenvalue weighted by atomic mass is 9.85. The number of nitro groups is 1. The van der Waals surface area contributed by atoms with E-state index in [1.54, 1.807) is 13.0 Å². The van der Waals surface area contributed by atoms with Gasteiger partial charge in [-0.25, -0.2) is 4.98 Å². The summed E-state index contributed by atoms with van der Waals surface area (Å²) in [6.07, 6.45) is 1.86. The molecule has 1 aromatic heterocycles. The highest BCUT2D eigenvalue weighted by Crippen LogP contribution is 2.26. The number of aryl methyl sites for hydroxylation is 1. The third-order valence-corrected chi connectivity index (χ3v) is 3.07. The summed E-state index contributed by atoms with van der Waals surface area (Å²) >= 11 is 0. The number of nitrogens with zero attached hydrogens (tertiary/aromatic N) is 2. The Labute approximate surface area is 113 Å². The molecule has 0 aromatic carbocycles. The lowest BCUT2D eigenvalue weighted by Crippen LogP contribution is -2.35. The maximum absolute atomic E-state index is 10.7. The lowest BCUT2D eigenvalue weighted by molar-refractivity contribution is -0.385. The van der Waals surface area contributed by atoms with Crippen molar-refractivity contribution < 1.29 is 10.0 Å². The van der Waals surface area contributed by atoms with E-state index in [1.165, 1.54) is 6.20 Å². The van der Waals surface area contributed by atoms with Gasteiger partial charge in [-0.1, -0.05) is 20.8 Å². The molecule has 106 valence electrons. The Morgan fingerprint density at radius 1 is 1.53 bits per heavy atom. The minimum atomic E-state index is -0.443. The van der Waals surface area contributed by atoms with Crippen LogP contribution in [0.5, 0.6) is 0 Å². The average molecular weight is 267 g/mol. The first-order chi connectivity index (χ1) is 8.75. The molecule has 0 amide bonds. The van der Waals surface area contributed by atoms with Crippen LogP contribution in [0.25, 0.3) is 0 Å². The Bertz CT molecular complexity index is 455. The van der Waals surface area contributed by atoms with E-state index in [-0.39, 0.29) is 23.8 Å². The fourth-order valence-electron chi connectivity index (χ4n) is 1.85. The second-order valence-electron chi connectivity index (χ2n) is 5.69. The SMILES string of the molecule is Cc1cc(NC(CCO)C(C)(C)C)ncc1[N+](=O)[O-]. The molecule has 1 unspecified atom stereocenters. The largest absolute Gasteiger partial charge is 0.396 e. The Hall–Kier alpha value is -1.69. The number of nitrogens with one attached hydrogen (secondary N) is 1. The van der Waals surface area contributed by atoms with Crippen LogP contribution in [-0.4, -0.2) is 27.7 Å². The maximum atomic E-state index is 10.7. The van der Waals surface area contributed by atoms with Crippen LogP contribution in [0.3, 0.4) is 0 Å². The highest BCUT2D eigenvalue weighted by atomic mass is 16.6. The summed E-state index contributed by atoms with van der Waals surface area (Å²) in [6, 6.07) is 1.71. The molecule has 0 spiro atoms. The monoisotopic (exact) mass is 267 g/mol. The summed E-state index contributed by atoms with van der Waals surface area (Å²) < 4.78 is 0. The number of aliphatic hydroxyl groups excluding tert-OH is 1. The lowest BCUT2D eigenvalue weighted by Gasteiger charge is -2.31. The molecule has 1 heterocycles. The van der Waals surface area contributed by atoms with Crippen molar-refractivity contribution >= 4 is 11.5 Å². The van der Waals surface area contributed by atoms with E-state index in [9.17, 15) is 10.1 Å². The molecular formula is C13H21N3O3. The first-order valence-electron chi connectivity index (χ1n) is 6.24. The van der Waals surface area contributed by atoms with Gasteiger partial charge in [-0.15, -0.1) is 0 Å². The second-order valence-corrected chi connectivity index (χ2v) is 5.69. The number of pyridine rings is 1. The number of aromatic nitrogens is 1. The summed E-state index contributed by atoms with van der Waals surface area (Å²) in [6.45, 7) is 7.97. The van der Waals surface area contributed by atoms with E-state index in [4.69, 9.17) is 5.11 Å². The summed E-state index contributed by atoms with van der Waals surface area (Å²) in [5, 5.41) is 23.1. The van der Waals surface area contributed by atoms with Gasteiger partial charge in [-0.2, -0.15) is 0 Å². The van der Waals surface area contributed by atoms with Gasteiger partial charge in [0.1, 0.15) is 12.0 Å². The molecule has 0 saturated carbocycles. The maximum Gasteiger partial charge on any atom is 0.290 e. The predicted molar refractivity (Wildman–Crippen MR) is 74.2 cm³/mol. The minimum absolute atomic E-state index is 0.0139. The van der Waals surface area contributed by atoms with Crippen molar-refractivity contribution in [2.75, 3.05) is 11.9 Å². The van der Waals surface area contributed by atoms with Crippen molar-refractivity contribution in [1.82, 2.24) is 4.98 Å². The summed E-state index contributed by atoms with van der Waals surface area (Å²) in [4.78, 5) is 14.3. The van der Waals surface area contributed by atoms with Crippen molar-refractivity contribution in [3.63, 3.8) is 0 Å². The molecule has 0 bridgehead atoms. The first kappa shape index (κ1) is 15.4. The van der Waals surface area contributed by atoms with Crippen LogP contribution in [0.1, 0.15) is 32.8 Å². The molecule has 0 radical (unpaired) electrons. The van der Waals surface area contributed by atoms with Gasteiger partial charge in [0.15, 0.2) is 0 Å². The molecule has 1 aromatic rings. The van der Waals surface area contributed by atoms with Gasteiger partial charge in [0.25, 0.3) is 5.69 Å². The zero-order valence-corrected chi connectivity index (χ0v) is 11.8. The Morgan fingerprint density at radius 2 is 2.16 bits per heavy atom. The fraction of sp³-hybridized carbons (Fsp3) is 0.615. The molecule has 1 atom stereocenters. The molecule has 0 fully saturated rings. The topological polar surface area (TPSA) is 88.3 Å². The normalized spacial score (nSPS) is 13.1. The van der Waals surface area contributed by atoms with Crippen LogP contribution in [-0.2, 0) is 0 Å². The minimum Gasteiger partial charge on any atom is -0.396 e. The first-order valence-corrected chi connectivity index (χ1v) is 6.24. The van der Waals surface area contributed by atoms with E-state index < -0.39 is 4.92 Å². The quantitative estimate of drug-likeness (QED) is 0.632. The van der Waals surface area contributed by atoms with Gasteiger partial charge in [0, 0.05) is 18.2 Å². The zero-order chi connectivity index (χ0) is 14.6. The molecular weight excluding hydrogens is 246 g/mol. The predicted octanol–water partition coefficient (Wildman–Crippen LogP) is 2.51. The van der Waals surface area contributed by atoms with Gasteiger partial charge < -0.3 is 10.4 Å². The molecule has 6 heteroatoms. The number of hydrogen-bond acceptors (Lipinski definition) is 5. The number of aliphatic hydroxyl groups is 1. The summed E-state index contributed by atoms with van der Waals surface area (Å²) in [5.41, 5.74) is 0.541. The van der Waals surface area contributed by atoms with Crippen LogP contribution < -0.4 is 5.32 Å². The van der Waals surface area contributed by atoms with E-state index in [0.717, 1.165) is 0 Å². The van der Waals surface area contributed by atoms with E-state index in [0.29, 0.717) is 17.8 Å². The summed E-state index contributed by atoms with van der Waals surface area (Å²) in [5.74, 6) is 0.594. The van der Waals surface area contributed by atoms with E-state index in [1.807, 2.05) is 0 Å². The smallest absolute Gasteiger partial charge is 0.290 e. The number of rotatable bonds is 5. The molecule has 0 saturated heterocycles. The van der Waals surface area contributed by atoms with Crippen LogP contribution in [0.4, 0.5) is 11.5 Å². The standard InChI is InChI=1S/C13H21N3O3/c1-9-7-12(14-8-10(9)16(18)19)15-11(5-6-17)13(2,3)4/h7-8,11,17H,5-6H2,1-4H3,(H,14,15). The Morgan fingerprint density at radius 3 is 2.58 bits per heavy atom. The van der Waals surface area contributed by atoms with E-state index >= 15 is 0 Å². The van der Waals surface area contributed by atoms with Crippen LogP contribution >= 0.6 is 0 Å². The molecule has 0 aliphatic rings. The second kappa shape index (κ2) is 5.97. The van der Waals surface area contributed by atoms with Gasteiger partial charge >= 0.3 is 0 Å². The molecule has 19 heavy (non-hydrogen) atoms. The molecule has 6 nitrogen and oxygen atoms in total. The van der Waals surface area contributed by atoms with Gasteiger partial charge in [-0.3, -0.25) is 10.1 Å². The fourth-order valence-corrected chi connectivity index (χ4v) is 1.85. The van der Waals surface area contributed by atoms with Crippen LogP contribution in [0.15, 0.2) is 12.3 Å². The Balaban J connectivity index is 2.92.